The lowest BCUT2D eigenvalue weighted by molar-refractivity contribution is 0.0601. The molecule has 3 aromatic carbocycles. The van der Waals surface area contributed by atoms with Crippen LogP contribution in [0.3, 0.4) is 0 Å². The fourth-order valence-corrected chi connectivity index (χ4v) is 3.31. The molecule has 0 aliphatic rings. The van der Waals surface area contributed by atoms with E-state index in [4.69, 9.17) is 9.47 Å². The number of hydrogen-bond acceptors (Lipinski definition) is 3. The van der Waals surface area contributed by atoms with E-state index in [9.17, 15) is 4.79 Å². The predicted octanol–water partition coefficient (Wildman–Crippen LogP) is 4.66. The third-order valence-corrected chi connectivity index (χ3v) is 4.52. The Morgan fingerprint density at radius 2 is 1.62 bits per heavy atom. The topological polar surface area (TPSA) is 40.5 Å². The minimum Gasteiger partial charge on any atom is -0.492 e. The molecule has 0 unspecified atom stereocenters. The Kier molecular flexibility index (Phi) is 4.32. The van der Waals surface area contributed by atoms with E-state index in [-0.39, 0.29) is 5.97 Å². The third-order valence-electron chi connectivity index (χ3n) is 4.52. The fraction of sp³-hybridized carbons (Fsp3) is 0.136. The number of aromatic nitrogens is 1. The quantitative estimate of drug-likeness (QED) is 0.494. The van der Waals surface area contributed by atoms with Crippen LogP contribution >= 0.6 is 0 Å². The van der Waals surface area contributed by atoms with Crippen molar-refractivity contribution in [3.8, 4) is 5.75 Å². The van der Waals surface area contributed by atoms with Crippen molar-refractivity contribution in [2.24, 2.45) is 0 Å². The molecule has 1 aromatic heterocycles. The highest BCUT2D eigenvalue weighted by Gasteiger charge is 2.13. The summed E-state index contributed by atoms with van der Waals surface area (Å²) < 4.78 is 12.9. The Morgan fingerprint density at radius 1 is 0.885 bits per heavy atom. The second-order valence-electron chi connectivity index (χ2n) is 6.05. The van der Waals surface area contributed by atoms with Crippen LogP contribution in [-0.4, -0.2) is 24.3 Å². The molecule has 4 nitrogen and oxygen atoms in total. The van der Waals surface area contributed by atoms with Gasteiger partial charge in [0.2, 0.25) is 0 Å². The minimum absolute atomic E-state index is 0.329. The van der Waals surface area contributed by atoms with Crippen LogP contribution in [0.15, 0.2) is 72.8 Å². The molecule has 26 heavy (non-hydrogen) atoms. The molecule has 1 heterocycles. The summed E-state index contributed by atoms with van der Waals surface area (Å²) in [6.07, 6.45) is 0. The molecule has 130 valence electrons. The summed E-state index contributed by atoms with van der Waals surface area (Å²) in [4.78, 5) is 11.9. The number of fused-ring (bicyclic) bond motifs is 3. The number of esters is 1. The van der Waals surface area contributed by atoms with E-state index in [0.717, 1.165) is 22.2 Å². The molecule has 4 aromatic rings. The van der Waals surface area contributed by atoms with Crippen molar-refractivity contribution in [2.45, 2.75) is 6.54 Å². The Balaban J connectivity index is 1.73. The van der Waals surface area contributed by atoms with Gasteiger partial charge in [-0.2, -0.15) is 0 Å². The molecule has 0 bridgehead atoms. The van der Waals surface area contributed by atoms with Crippen molar-refractivity contribution in [2.75, 3.05) is 13.7 Å². The second-order valence-corrected chi connectivity index (χ2v) is 6.05. The van der Waals surface area contributed by atoms with Crippen LogP contribution in [0.25, 0.3) is 21.8 Å². The fourth-order valence-electron chi connectivity index (χ4n) is 3.31. The Labute approximate surface area is 151 Å². The smallest absolute Gasteiger partial charge is 0.337 e. The van der Waals surface area contributed by atoms with Crippen LogP contribution in [0.2, 0.25) is 0 Å². The highest BCUT2D eigenvalue weighted by molar-refractivity contribution is 6.09. The first-order valence-corrected chi connectivity index (χ1v) is 8.55. The van der Waals surface area contributed by atoms with Gasteiger partial charge >= 0.3 is 5.97 Å². The van der Waals surface area contributed by atoms with Gasteiger partial charge in [0.1, 0.15) is 12.4 Å². The molecule has 0 fully saturated rings. The summed E-state index contributed by atoms with van der Waals surface area (Å²) in [5, 5.41) is 2.28. The summed E-state index contributed by atoms with van der Waals surface area (Å²) in [6, 6.07) is 23.7. The van der Waals surface area contributed by atoms with Gasteiger partial charge in [-0.1, -0.05) is 42.5 Å². The van der Waals surface area contributed by atoms with E-state index in [0.29, 0.717) is 18.7 Å². The lowest BCUT2D eigenvalue weighted by Gasteiger charge is -2.10. The van der Waals surface area contributed by atoms with Crippen molar-refractivity contribution in [3.05, 3.63) is 78.4 Å². The number of methoxy groups -OCH3 is 1. The molecule has 0 aliphatic carbocycles. The number of carbonyl (C=O) groups is 1. The van der Waals surface area contributed by atoms with Crippen LogP contribution in [0, 0.1) is 0 Å². The van der Waals surface area contributed by atoms with E-state index in [1.807, 2.05) is 60.7 Å². The average Bonchev–Trinajstić information content (AvgIpc) is 3.01. The molecule has 4 heteroatoms. The summed E-state index contributed by atoms with van der Waals surface area (Å²) >= 11 is 0. The zero-order chi connectivity index (χ0) is 17.9. The summed E-state index contributed by atoms with van der Waals surface area (Å²) in [6.45, 7) is 1.23. The first kappa shape index (κ1) is 16.2. The third kappa shape index (κ3) is 2.90. The van der Waals surface area contributed by atoms with Crippen molar-refractivity contribution in [1.82, 2.24) is 4.57 Å². The van der Waals surface area contributed by atoms with Gasteiger partial charge in [-0.15, -0.1) is 0 Å². The SMILES string of the molecule is COC(=O)c1ccc2c3ccccc3n(CCOc3ccccc3)c2c1. The summed E-state index contributed by atoms with van der Waals surface area (Å²) in [5.74, 6) is 0.521. The average molecular weight is 345 g/mol. The Morgan fingerprint density at radius 3 is 2.42 bits per heavy atom. The molecule has 0 amide bonds. The van der Waals surface area contributed by atoms with E-state index >= 15 is 0 Å². The van der Waals surface area contributed by atoms with Gasteiger partial charge in [0.25, 0.3) is 0 Å². The van der Waals surface area contributed by atoms with E-state index in [1.54, 1.807) is 0 Å². The largest absolute Gasteiger partial charge is 0.492 e. The summed E-state index contributed by atoms with van der Waals surface area (Å²) in [5.41, 5.74) is 2.68. The minimum atomic E-state index is -0.329. The number of para-hydroxylation sites is 2. The number of rotatable bonds is 5. The van der Waals surface area contributed by atoms with Crippen molar-refractivity contribution >= 4 is 27.8 Å². The van der Waals surface area contributed by atoms with Crippen LogP contribution in [-0.2, 0) is 11.3 Å². The zero-order valence-corrected chi connectivity index (χ0v) is 14.5. The maximum atomic E-state index is 11.9. The molecular weight excluding hydrogens is 326 g/mol. The summed E-state index contributed by atoms with van der Waals surface area (Å²) in [7, 11) is 1.40. The van der Waals surface area contributed by atoms with Crippen molar-refractivity contribution < 1.29 is 14.3 Å². The van der Waals surface area contributed by atoms with Crippen LogP contribution in [0.5, 0.6) is 5.75 Å². The van der Waals surface area contributed by atoms with Gasteiger partial charge < -0.3 is 14.0 Å². The van der Waals surface area contributed by atoms with E-state index < -0.39 is 0 Å². The number of carbonyl (C=O) groups excluding carboxylic acids is 1. The predicted molar refractivity (Wildman–Crippen MR) is 103 cm³/mol. The van der Waals surface area contributed by atoms with Crippen LogP contribution in [0.4, 0.5) is 0 Å². The van der Waals surface area contributed by atoms with Gasteiger partial charge in [0.15, 0.2) is 0 Å². The van der Waals surface area contributed by atoms with Crippen LogP contribution in [0.1, 0.15) is 10.4 Å². The van der Waals surface area contributed by atoms with E-state index in [1.165, 1.54) is 12.5 Å². The van der Waals surface area contributed by atoms with Crippen molar-refractivity contribution in [1.29, 1.82) is 0 Å². The highest BCUT2D eigenvalue weighted by atomic mass is 16.5. The van der Waals surface area contributed by atoms with Crippen molar-refractivity contribution in [3.63, 3.8) is 0 Å². The molecule has 4 rings (SSSR count). The maximum Gasteiger partial charge on any atom is 0.337 e. The van der Waals surface area contributed by atoms with Crippen LogP contribution < -0.4 is 4.74 Å². The number of benzene rings is 3. The molecule has 0 spiro atoms. The van der Waals surface area contributed by atoms with Gasteiger partial charge in [-0.25, -0.2) is 4.79 Å². The van der Waals surface area contributed by atoms with Gasteiger partial charge in [0, 0.05) is 16.3 Å². The molecule has 0 N–H and O–H groups in total. The maximum absolute atomic E-state index is 11.9. The molecule has 0 radical (unpaired) electrons. The Hall–Kier alpha value is -3.27. The normalized spacial score (nSPS) is 11.0. The Bertz CT molecular complexity index is 1070. The molecule has 0 aliphatic heterocycles. The standard InChI is InChI=1S/C22H19NO3/c1-25-22(24)16-11-12-19-18-9-5-6-10-20(18)23(21(19)15-16)13-14-26-17-7-3-2-4-8-17/h2-12,15H,13-14H2,1H3. The zero-order valence-electron chi connectivity index (χ0n) is 14.5. The van der Waals surface area contributed by atoms with Gasteiger partial charge in [0.05, 0.1) is 24.7 Å². The molecule has 0 saturated carbocycles. The highest BCUT2D eigenvalue weighted by Crippen LogP contribution is 2.29. The van der Waals surface area contributed by atoms with Gasteiger partial charge in [-0.3, -0.25) is 0 Å². The lowest BCUT2D eigenvalue weighted by Crippen LogP contribution is -2.08. The molecule has 0 atom stereocenters. The molecule has 0 saturated heterocycles. The monoisotopic (exact) mass is 345 g/mol. The van der Waals surface area contributed by atoms with Gasteiger partial charge in [-0.05, 0) is 30.3 Å². The number of hydrogen-bond donors (Lipinski definition) is 0. The number of nitrogens with zero attached hydrogens (tertiary/aromatic N) is 1. The number of ether oxygens (including phenoxy) is 2. The lowest BCUT2D eigenvalue weighted by atomic mass is 10.1. The first-order valence-electron chi connectivity index (χ1n) is 8.55. The first-order chi connectivity index (χ1) is 12.8. The second kappa shape index (κ2) is 6.92. The van der Waals surface area contributed by atoms with E-state index in [2.05, 4.69) is 16.7 Å². The molecular formula is C22H19NO3.